The molecule has 0 aromatic rings. The fourth-order valence-electron chi connectivity index (χ4n) is 1.90. The Kier molecular flexibility index (Phi) is 12.4. The van der Waals surface area contributed by atoms with Crippen molar-refractivity contribution >= 4 is 41.1 Å². The number of ether oxygens (including phenoxy) is 1. The lowest BCUT2D eigenvalue weighted by Crippen LogP contribution is -2.62. The normalized spacial score (nSPS) is 24.1. The first-order chi connectivity index (χ1) is 11.0. The van der Waals surface area contributed by atoms with Crippen LogP contribution in [0.25, 0.3) is 0 Å². The van der Waals surface area contributed by atoms with Crippen LogP contribution in [0, 0.1) is 0 Å². The predicted molar refractivity (Wildman–Crippen MR) is 89.1 cm³/mol. The largest absolute Gasteiger partial charge is 0.478 e. The minimum atomic E-state index is -1.62. The first-order valence-corrected chi connectivity index (χ1v) is 7.16. The van der Waals surface area contributed by atoms with Gasteiger partial charge in [0.25, 0.3) is 0 Å². The fraction of sp³-hybridized carbons (Fsp3) is 0.615. The highest BCUT2D eigenvalue weighted by Gasteiger charge is 2.42. The second kappa shape index (κ2) is 12.0. The first-order valence-electron chi connectivity index (χ1n) is 6.78. The Morgan fingerprint density at radius 3 is 2.20 bits per heavy atom. The highest BCUT2D eigenvalue weighted by atomic mass is 35.5. The molecule has 12 heteroatoms. The Bertz CT molecular complexity index is 498. The number of hydrogen-bond acceptors (Lipinski definition) is 8. The maximum atomic E-state index is 11.1. The Labute approximate surface area is 155 Å². The molecule has 1 aliphatic heterocycles. The zero-order valence-electron chi connectivity index (χ0n) is 13.5. The van der Waals surface area contributed by atoms with Crippen LogP contribution in [0.15, 0.2) is 11.8 Å². The molecule has 0 saturated heterocycles. The van der Waals surface area contributed by atoms with Crippen molar-refractivity contribution in [2.75, 3.05) is 6.61 Å². The van der Waals surface area contributed by atoms with Gasteiger partial charge in [0.2, 0.25) is 16.9 Å². The number of aliphatic carboxylic acids is 1. The first kappa shape index (κ1) is 25.8. The molecule has 0 unspecified atom stereocenters. The van der Waals surface area contributed by atoms with Crippen LogP contribution in [0.3, 0.4) is 0 Å². The number of carbonyl (C=O) groups is 3. The Hall–Kier alpha value is -1.43. The number of halogens is 2. The number of hydrogen-bond donors (Lipinski definition) is 6. The van der Waals surface area contributed by atoms with E-state index in [1.165, 1.54) is 13.8 Å². The molecule has 0 aromatic carbocycles. The molecule has 5 atom stereocenters. The summed E-state index contributed by atoms with van der Waals surface area (Å²) < 4.78 is 5.06. The van der Waals surface area contributed by atoms with Crippen molar-refractivity contribution in [3.05, 3.63) is 11.8 Å². The van der Waals surface area contributed by atoms with Gasteiger partial charge in [-0.1, -0.05) is 0 Å². The molecular formula is C13H22Cl2N2O8. The molecule has 1 rings (SSSR count). The van der Waals surface area contributed by atoms with Crippen molar-refractivity contribution in [3.8, 4) is 0 Å². The van der Waals surface area contributed by atoms with Crippen LogP contribution in [0.2, 0.25) is 0 Å². The van der Waals surface area contributed by atoms with Crippen molar-refractivity contribution in [1.29, 1.82) is 0 Å². The van der Waals surface area contributed by atoms with Gasteiger partial charge in [0, 0.05) is 13.8 Å². The minimum absolute atomic E-state index is 0. The minimum Gasteiger partial charge on any atom is -0.478 e. The summed E-state index contributed by atoms with van der Waals surface area (Å²) in [6.07, 6.45) is -3.38. The molecule has 0 spiro atoms. The second-order valence-corrected chi connectivity index (χ2v) is 5.47. The Balaban J connectivity index is 0. The van der Waals surface area contributed by atoms with Crippen LogP contribution < -0.4 is 11.1 Å². The van der Waals surface area contributed by atoms with Gasteiger partial charge in [-0.15, -0.1) is 12.4 Å². The van der Waals surface area contributed by atoms with E-state index in [4.69, 9.17) is 20.7 Å². The van der Waals surface area contributed by atoms with Crippen molar-refractivity contribution in [1.82, 2.24) is 5.32 Å². The highest BCUT2D eigenvalue weighted by molar-refractivity contribution is 6.62. The number of nitrogens with one attached hydrogen (secondary N) is 1. The van der Waals surface area contributed by atoms with Gasteiger partial charge in [0.05, 0.1) is 18.7 Å². The lowest BCUT2D eigenvalue weighted by molar-refractivity contribution is -0.145. The molecule has 1 heterocycles. The Morgan fingerprint density at radius 1 is 1.36 bits per heavy atom. The summed E-state index contributed by atoms with van der Waals surface area (Å²) in [5.74, 6) is -2.34. The third-order valence-electron chi connectivity index (χ3n) is 2.87. The highest BCUT2D eigenvalue weighted by Crippen LogP contribution is 2.21. The third-order valence-corrected chi connectivity index (χ3v) is 2.87. The van der Waals surface area contributed by atoms with Crippen LogP contribution in [-0.4, -0.2) is 74.5 Å². The number of amides is 1. The van der Waals surface area contributed by atoms with Crippen LogP contribution in [0.1, 0.15) is 13.8 Å². The number of nitrogens with two attached hydrogens (primary N) is 1. The molecule has 146 valence electrons. The number of carboxylic acids is 1. The average Bonchev–Trinajstić information content (AvgIpc) is 2.46. The summed E-state index contributed by atoms with van der Waals surface area (Å²) in [5.41, 5.74) is 5.74. The molecule has 0 aliphatic carbocycles. The summed E-state index contributed by atoms with van der Waals surface area (Å²) in [4.78, 5) is 31.2. The summed E-state index contributed by atoms with van der Waals surface area (Å²) >= 11 is 4.64. The molecule has 10 nitrogen and oxygen atoms in total. The van der Waals surface area contributed by atoms with E-state index in [9.17, 15) is 24.6 Å². The van der Waals surface area contributed by atoms with Gasteiger partial charge in [-0.25, -0.2) is 4.79 Å². The summed E-state index contributed by atoms with van der Waals surface area (Å²) in [6, 6.07) is -1.86. The number of carbonyl (C=O) groups excluding carboxylic acids is 2. The maximum Gasteiger partial charge on any atom is 0.370 e. The van der Waals surface area contributed by atoms with Gasteiger partial charge in [-0.05, 0) is 17.7 Å². The predicted octanol–water partition coefficient (Wildman–Crippen LogP) is -1.91. The fourth-order valence-corrected chi connectivity index (χ4v) is 1.90. The molecule has 7 N–H and O–H groups in total. The van der Waals surface area contributed by atoms with E-state index in [0.717, 1.165) is 6.08 Å². The van der Waals surface area contributed by atoms with Crippen molar-refractivity contribution < 1.29 is 39.5 Å². The summed E-state index contributed by atoms with van der Waals surface area (Å²) in [7, 11) is 0. The smallest absolute Gasteiger partial charge is 0.370 e. The summed E-state index contributed by atoms with van der Waals surface area (Å²) in [6.45, 7) is 1.76. The maximum absolute atomic E-state index is 11.1. The number of rotatable bonds is 5. The van der Waals surface area contributed by atoms with E-state index in [2.05, 4.69) is 16.9 Å². The summed E-state index contributed by atoms with van der Waals surface area (Å²) in [5, 5.41) is 39.1. The van der Waals surface area contributed by atoms with Gasteiger partial charge in [-0.3, -0.25) is 9.59 Å². The van der Waals surface area contributed by atoms with Crippen molar-refractivity contribution in [2.45, 2.75) is 44.2 Å². The van der Waals surface area contributed by atoms with Crippen LogP contribution in [0.5, 0.6) is 0 Å². The standard InChI is InChI=1S/C11H18N2O7.C2H3ClO.ClH/c1-4(15)13-8-5(12)2-7(11(18)19)20-10(8)9(17)6(16)3-14;1-2(3)4;/h2,5-6,8-10,14,16-17H,3,12H2,1H3,(H,13,15)(H,18,19);1H3;1H/t5-,6+,8+,9+,10+;;/m0../s1. The zero-order valence-corrected chi connectivity index (χ0v) is 15.0. The van der Waals surface area contributed by atoms with Gasteiger partial charge in [0.15, 0.2) is 0 Å². The van der Waals surface area contributed by atoms with Gasteiger partial charge < -0.3 is 36.2 Å². The molecule has 0 bridgehead atoms. The van der Waals surface area contributed by atoms with Crippen LogP contribution >= 0.6 is 24.0 Å². The topological polar surface area (TPSA) is 179 Å². The Morgan fingerprint density at radius 2 is 1.84 bits per heavy atom. The molecule has 1 amide bonds. The van der Waals surface area contributed by atoms with Gasteiger partial charge in [-0.2, -0.15) is 0 Å². The zero-order chi connectivity index (χ0) is 19.0. The number of aliphatic hydroxyl groups excluding tert-OH is 3. The van der Waals surface area contributed by atoms with E-state index < -0.39 is 54.6 Å². The SMILES string of the molecule is CC(=O)Cl.CC(=O)N[C@H]1[C@H]([C@H](O)[C@H](O)CO)OC(C(=O)O)=C[C@@H]1N.Cl. The molecule has 0 fully saturated rings. The van der Waals surface area contributed by atoms with E-state index in [1.54, 1.807) is 0 Å². The number of carboxylic acid groups (broad SMARTS) is 1. The van der Waals surface area contributed by atoms with Gasteiger partial charge in [0.1, 0.15) is 18.3 Å². The lowest BCUT2D eigenvalue weighted by atomic mass is 9.92. The van der Waals surface area contributed by atoms with Crippen molar-refractivity contribution in [3.63, 3.8) is 0 Å². The van der Waals surface area contributed by atoms with E-state index in [1.807, 2.05) is 0 Å². The molecule has 0 aromatic heterocycles. The van der Waals surface area contributed by atoms with E-state index >= 15 is 0 Å². The van der Waals surface area contributed by atoms with Crippen molar-refractivity contribution in [2.24, 2.45) is 5.73 Å². The van der Waals surface area contributed by atoms with Crippen LogP contribution in [0.4, 0.5) is 0 Å². The van der Waals surface area contributed by atoms with E-state index in [0.29, 0.717) is 0 Å². The molecule has 25 heavy (non-hydrogen) atoms. The third kappa shape index (κ3) is 9.00. The molecule has 0 saturated carbocycles. The quantitative estimate of drug-likeness (QED) is 0.285. The molecular weight excluding hydrogens is 383 g/mol. The average molecular weight is 405 g/mol. The monoisotopic (exact) mass is 404 g/mol. The van der Waals surface area contributed by atoms with Gasteiger partial charge >= 0.3 is 5.97 Å². The lowest BCUT2D eigenvalue weighted by Gasteiger charge is -2.38. The van der Waals surface area contributed by atoms with Crippen LogP contribution in [-0.2, 0) is 19.1 Å². The van der Waals surface area contributed by atoms with E-state index in [-0.39, 0.29) is 17.6 Å². The second-order valence-electron chi connectivity index (χ2n) is 4.93. The number of aliphatic hydroxyl groups is 3. The molecule has 0 radical (unpaired) electrons. The molecule has 1 aliphatic rings.